The number of benzene rings is 1. The van der Waals surface area contributed by atoms with Crippen molar-refractivity contribution in [1.82, 2.24) is 0 Å². The summed E-state index contributed by atoms with van der Waals surface area (Å²) < 4.78 is 5.47. The lowest BCUT2D eigenvalue weighted by atomic mass is 9.91. The van der Waals surface area contributed by atoms with Crippen LogP contribution in [0.1, 0.15) is 28.8 Å². The van der Waals surface area contributed by atoms with E-state index < -0.39 is 0 Å². The minimum atomic E-state index is 0.244. The van der Waals surface area contributed by atoms with E-state index in [0.29, 0.717) is 13.0 Å². The first-order valence-corrected chi connectivity index (χ1v) is 5.79. The summed E-state index contributed by atoms with van der Waals surface area (Å²) in [7, 11) is 0. The molecule has 0 unspecified atom stereocenters. The second-order valence-electron chi connectivity index (χ2n) is 3.77. The Bertz CT molecular complexity index is 424. The van der Waals surface area contributed by atoms with Crippen LogP contribution in [0.15, 0.2) is 29.8 Å². The molecule has 1 aliphatic carbocycles. The van der Waals surface area contributed by atoms with E-state index in [-0.39, 0.29) is 5.78 Å². The highest BCUT2D eigenvalue weighted by atomic mass is 35.5. The number of rotatable bonds is 3. The molecule has 1 aromatic carbocycles. The Labute approximate surface area is 99.9 Å². The summed E-state index contributed by atoms with van der Waals surface area (Å²) in [6.45, 7) is 0.455. The number of fused-ring (bicyclic) bond motifs is 1. The van der Waals surface area contributed by atoms with Crippen LogP contribution in [0.5, 0.6) is 5.75 Å². The summed E-state index contributed by atoms with van der Waals surface area (Å²) in [5.41, 5.74) is 3.39. The van der Waals surface area contributed by atoms with Crippen LogP contribution in [-0.2, 0) is 6.42 Å². The molecule has 0 saturated carbocycles. The van der Waals surface area contributed by atoms with Gasteiger partial charge in [-0.1, -0.05) is 11.6 Å². The van der Waals surface area contributed by atoms with E-state index in [1.165, 1.54) is 5.54 Å². The minimum Gasteiger partial charge on any atom is -0.489 e. The second-order valence-corrected chi connectivity index (χ2v) is 4.02. The van der Waals surface area contributed by atoms with Crippen LogP contribution >= 0.6 is 11.6 Å². The minimum absolute atomic E-state index is 0.244. The number of ketones is 1. The van der Waals surface area contributed by atoms with Crippen LogP contribution in [0.25, 0.3) is 0 Å². The molecular weight excluding hydrogens is 224 g/mol. The summed E-state index contributed by atoms with van der Waals surface area (Å²) >= 11 is 5.40. The smallest absolute Gasteiger partial charge is 0.163 e. The van der Waals surface area contributed by atoms with Crippen LogP contribution in [0.4, 0.5) is 0 Å². The maximum absolute atomic E-state index is 11.6. The van der Waals surface area contributed by atoms with E-state index in [2.05, 4.69) is 0 Å². The maximum Gasteiger partial charge on any atom is 0.163 e. The molecular formula is C13H13ClO2. The molecule has 1 aliphatic rings. The molecule has 0 aromatic heterocycles. The summed E-state index contributed by atoms with van der Waals surface area (Å²) in [6.07, 6.45) is 4.30. The molecule has 0 radical (unpaired) electrons. The Hall–Kier alpha value is -1.28. The summed E-state index contributed by atoms with van der Waals surface area (Å²) in [5.74, 6) is 1.04. The Balaban J connectivity index is 2.15. The van der Waals surface area contributed by atoms with Crippen LogP contribution in [0, 0.1) is 0 Å². The van der Waals surface area contributed by atoms with Crippen LogP contribution in [0.2, 0.25) is 0 Å². The first kappa shape index (κ1) is 11.2. The molecule has 0 fully saturated rings. The number of carbonyl (C=O) groups is 1. The third-order valence-electron chi connectivity index (χ3n) is 2.66. The molecule has 2 rings (SSSR count). The van der Waals surface area contributed by atoms with E-state index >= 15 is 0 Å². The number of halogens is 1. The number of carbonyl (C=O) groups excluding carboxylic acids is 1. The fourth-order valence-electron chi connectivity index (χ4n) is 1.89. The Kier molecular flexibility index (Phi) is 3.62. The molecule has 0 heterocycles. The lowest BCUT2D eigenvalue weighted by molar-refractivity contribution is 0.0972. The van der Waals surface area contributed by atoms with Crippen LogP contribution < -0.4 is 4.74 Å². The highest BCUT2D eigenvalue weighted by Crippen LogP contribution is 2.25. The maximum atomic E-state index is 11.6. The third kappa shape index (κ3) is 2.45. The topological polar surface area (TPSA) is 26.3 Å². The predicted octanol–water partition coefficient (Wildman–Crippen LogP) is 3.34. The van der Waals surface area contributed by atoms with Crippen molar-refractivity contribution in [3.05, 3.63) is 40.9 Å². The van der Waals surface area contributed by atoms with Crippen LogP contribution in [0.3, 0.4) is 0 Å². The third-order valence-corrected chi connectivity index (χ3v) is 2.84. The van der Waals surface area contributed by atoms with Gasteiger partial charge in [0.05, 0.1) is 0 Å². The van der Waals surface area contributed by atoms with Gasteiger partial charge in [0, 0.05) is 17.5 Å². The number of hydrogen-bond donors (Lipinski definition) is 0. The van der Waals surface area contributed by atoms with E-state index in [9.17, 15) is 4.79 Å². The molecule has 1 aromatic rings. The molecule has 0 saturated heterocycles. The Morgan fingerprint density at radius 1 is 1.38 bits per heavy atom. The highest BCUT2D eigenvalue weighted by Gasteiger charge is 2.17. The van der Waals surface area contributed by atoms with Crippen LogP contribution in [-0.4, -0.2) is 12.4 Å². The van der Waals surface area contributed by atoms with Crippen molar-refractivity contribution in [2.75, 3.05) is 6.61 Å². The molecule has 2 nitrogen and oxygen atoms in total. The molecule has 0 aliphatic heterocycles. The molecule has 0 N–H and O–H groups in total. The van der Waals surface area contributed by atoms with Gasteiger partial charge >= 0.3 is 0 Å². The summed E-state index contributed by atoms with van der Waals surface area (Å²) in [4.78, 5) is 11.6. The lowest BCUT2D eigenvalue weighted by Gasteiger charge is -2.15. The van der Waals surface area contributed by atoms with Gasteiger partial charge in [0.2, 0.25) is 0 Å². The number of aryl methyl sites for hydroxylation is 1. The van der Waals surface area contributed by atoms with Crippen molar-refractivity contribution in [3.63, 3.8) is 0 Å². The zero-order valence-corrected chi connectivity index (χ0v) is 9.67. The van der Waals surface area contributed by atoms with Crippen molar-refractivity contribution in [2.24, 2.45) is 0 Å². The lowest BCUT2D eigenvalue weighted by Crippen LogP contribution is -2.10. The van der Waals surface area contributed by atoms with Crippen molar-refractivity contribution in [3.8, 4) is 5.75 Å². The molecule has 84 valence electrons. The van der Waals surface area contributed by atoms with Gasteiger partial charge in [-0.3, -0.25) is 4.79 Å². The summed E-state index contributed by atoms with van der Waals surface area (Å²) in [6, 6.07) is 5.65. The standard InChI is InChI=1S/C13H13ClO2/c14-7-2-8-16-11-5-6-12-10(9-11)3-1-4-13(12)15/h2,5-7,9H,1,3-4,8H2. The molecule has 16 heavy (non-hydrogen) atoms. The molecule has 0 bridgehead atoms. The van der Waals surface area contributed by atoms with Gasteiger partial charge in [-0.05, 0) is 42.7 Å². The first-order valence-electron chi connectivity index (χ1n) is 5.35. The normalized spacial score (nSPS) is 15.2. The van der Waals surface area contributed by atoms with Crippen molar-refractivity contribution in [2.45, 2.75) is 19.3 Å². The Morgan fingerprint density at radius 3 is 3.06 bits per heavy atom. The van der Waals surface area contributed by atoms with E-state index in [0.717, 1.165) is 29.7 Å². The fraction of sp³-hybridized carbons (Fsp3) is 0.308. The predicted molar refractivity (Wildman–Crippen MR) is 64.2 cm³/mol. The quantitative estimate of drug-likeness (QED) is 0.805. The van der Waals surface area contributed by atoms with Crippen molar-refractivity contribution in [1.29, 1.82) is 0 Å². The Morgan fingerprint density at radius 2 is 2.25 bits per heavy atom. The zero-order chi connectivity index (χ0) is 11.4. The van der Waals surface area contributed by atoms with Gasteiger partial charge in [0.15, 0.2) is 5.78 Å². The molecule has 0 spiro atoms. The van der Waals surface area contributed by atoms with E-state index in [4.69, 9.17) is 16.3 Å². The van der Waals surface area contributed by atoms with Crippen molar-refractivity contribution < 1.29 is 9.53 Å². The van der Waals surface area contributed by atoms with Gasteiger partial charge < -0.3 is 4.74 Å². The highest BCUT2D eigenvalue weighted by molar-refractivity contribution is 6.25. The largest absolute Gasteiger partial charge is 0.489 e. The molecule has 0 amide bonds. The van der Waals surface area contributed by atoms with E-state index in [1.807, 2.05) is 18.2 Å². The fourth-order valence-corrected chi connectivity index (χ4v) is 1.97. The van der Waals surface area contributed by atoms with E-state index in [1.54, 1.807) is 6.08 Å². The molecule has 0 atom stereocenters. The SMILES string of the molecule is O=C1CCCc2cc(OCC=CCl)ccc21. The number of ether oxygens (including phenoxy) is 1. The average Bonchev–Trinajstić information content (AvgIpc) is 2.30. The second kappa shape index (κ2) is 5.17. The summed E-state index contributed by atoms with van der Waals surface area (Å²) in [5, 5.41) is 0. The van der Waals surface area contributed by atoms with Gasteiger partial charge in [0.1, 0.15) is 12.4 Å². The first-order chi connectivity index (χ1) is 7.81. The monoisotopic (exact) mass is 236 g/mol. The van der Waals surface area contributed by atoms with Crippen molar-refractivity contribution >= 4 is 17.4 Å². The van der Waals surface area contributed by atoms with Gasteiger partial charge in [-0.25, -0.2) is 0 Å². The zero-order valence-electron chi connectivity index (χ0n) is 8.91. The number of hydrogen-bond acceptors (Lipinski definition) is 2. The average molecular weight is 237 g/mol. The van der Waals surface area contributed by atoms with Gasteiger partial charge in [-0.2, -0.15) is 0 Å². The molecule has 3 heteroatoms. The van der Waals surface area contributed by atoms with Gasteiger partial charge in [0.25, 0.3) is 0 Å². The number of Topliss-reactive ketones (excluding diaryl/α,β-unsaturated/α-hetero) is 1. The van der Waals surface area contributed by atoms with Gasteiger partial charge in [-0.15, -0.1) is 0 Å².